The van der Waals surface area contributed by atoms with E-state index in [-0.39, 0.29) is 12.5 Å². The number of rotatable bonds is 5. The number of carbonyl (C=O) groups excluding carboxylic acids is 1. The number of aromatic nitrogens is 3. The molecule has 0 saturated carbocycles. The minimum atomic E-state index is -0.177. The van der Waals surface area contributed by atoms with Crippen LogP contribution in [-0.2, 0) is 11.3 Å². The van der Waals surface area contributed by atoms with Gasteiger partial charge in [-0.25, -0.2) is 0 Å². The minimum Gasteiger partial charge on any atom is -0.482 e. The van der Waals surface area contributed by atoms with Crippen LogP contribution in [0, 0.1) is 13.8 Å². The van der Waals surface area contributed by atoms with Gasteiger partial charge >= 0.3 is 0 Å². The highest BCUT2D eigenvalue weighted by Gasteiger charge is 2.08. The molecule has 0 spiro atoms. The maximum atomic E-state index is 11.6. The monoisotopic (exact) mass is 260 g/mol. The summed E-state index contributed by atoms with van der Waals surface area (Å²) in [5.41, 5.74) is 2.87. The highest BCUT2D eigenvalue weighted by molar-refractivity contribution is 5.77. The molecule has 2 N–H and O–H groups in total. The Balaban J connectivity index is 1.79. The first kappa shape index (κ1) is 13.1. The van der Waals surface area contributed by atoms with Crippen molar-refractivity contribution in [3.63, 3.8) is 0 Å². The minimum absolute atomic E-state index is 0.0262. The van der Waals surface area contributed by atoms with Crippen LogP contribution in [0.3, 0.4) is 0 Å². The average Bonchev–Trinajstić information content (AvgIpc) is 2.75. The van der Waals surface area contributed by atoms with Crippen LogP contribution in [0.5, 0.6) is 5.75 Å². The molecule has 0 aliphatic heterocycles. The summed E-state index contributed by atoms with van der Waals surface area (Å²) >= 11 is 0. The Labute approximate surface area is 111 Å². The zero-order valence-corrected chi connectivity index (χ0v) is 10.9. The maximum absolute atomic E-state index is 11.6. The number of carbonyl (C=O) groups is 1. The van der Waals surface area contributed by atoms with Crippen LogP contribution >= 0.6 is 0 Å². The molecule has 1 amide bonds. The van der Waals surface area contributed by atoms with Crippen LogP contribution in [0.25, 0.3) is 0 Å². The number of H-pyrrole nitrogens is 1. The second-order valence-corrected chi connectivity index (χ2v) is 4.17. The van der Waals surface area contributed by atoms with Gasteiger partial charge in [0.05, 0.1) is 11.9 Å². The van der Waals surface area contributed by atoms with Gasteiger partial charge in [-0.15, -0.1) is 0 Å². The van der Waals surface area contributed by atoms with Crippen molar-refractivity contribution in [2.45, 2.75) is 20.4 Å². The van der Waals surface area contributed by atoms with E-state index < -0.39 is 0 Å². The van der Waals surface area contributed by atoms with Crippen LogP contribution < -0.4 is 10.1 Å². The number of hydrogen-bond donors (Lipinski definition) is 2. The van der Waals surface area contributed by atoms with Crippen molar-refractivity contribution >= 4 is 5.91 Å². The fourth-order valence-corrected chi connectivity index (χ4v) is 1.65. The number of hydrogen-bond acceptors (Lipinski definition) is 4. The normalized spacial score (nSPS) is 10.2. The third-order valence-corrected chi connectivity index (χ3v) is 2.75. The largest absolute Gasteiger partial charge is 0.482 e. The van der Waals surface area contributed by atoms with Gasteiger partial charge < -0.3 is 10.1 Å². The van der Waals surface area contributed by atoms with E-state index in [0.29, 0.717) is 12.3 Å². The van der Waals surface area contributed by atoms with Crippen LogP contribution in [0.4, 0.5) is 0 Å². The van der Waals surface area contributed by atoms with E-state index in [2.05, 4.69) is 20.5 Å². The fourth-order valence-electron chi connectivity index (χ4n) is 1.65. The topological polar surface area (TPSA) is 79.9 Å². The molecular formula is C13H16N4O2. The van der Waals surface area contributed by atoms with Crippen molar-refractivity contribution in [2.24, 2.45) is 0 Å². The number of nitrogens with one attached hydrogen (secondary N) is 2. The lowest BCUT2D eigenvalue weighted by molar-refractivity contribution is -0.123. The molecular weight excluding hydrogens is 244 g/mol. The summed E-state index contributed by atoms with van der Waals surface area (Å²) < 4.78 is 5.30. The first-order chi connectivity index (χ1) is 9.16. The molecule has 2 heterocycles. The number of ether oxygens (including phenoxy) is 1. The number of amides is 1. The van der Waals surface area contributed by atoms with Gasteiger partial charge in [0.15, 0.2) is 6.61 Å². The van der Waals surface area contributed by atoms with Crippen molar-refractivity contribution < 1.29 is 9.53 Å². The van der Waals surface area contributed by atoms with Gasteiger partial charge in [-0.1, -0.05) is 0 Å². The lowest BCUT2D eigenvalue weighted by atomic mass is 10.2. The van der Waals surface area contributed by atoms with Crippen LogP contribution in [0.1, 0.15) is 17.0 Å². The number of aryl methyl sites for hydroxylation is 2. The predicted molar refractivity (Wildman–Crippen MR) is 69.6 cm³/mol. The molecule has 0 atom stereocenters. The van der Waals surface area contributed by atoms with Crippen molar-refractivity contribution in [3.05, 3.63) is 41.5 Å². The molecule has 6 nitrogen and oxygen atoms in total. The number of pyridine rings is 1. The van der Waals surface area contributed by atoms with E-state index in [1.165, 1.54) is 0 Å². The molecule has 2 aromatic heterocycles. The van der Waals surface area contributed by atoms with Gasteiger partial charge in [0.25, 0.3) is 5.91 Å². The summed E-state index contributed by atoms with van der Waals surface area (Å²) in [4.78, 5) is 15.6. The van der Waals surface area contributed by atoms with E-state index in [1.807, 2.05) is 13.8 Å². The van der Waals surface area contributed by atoms with E-state index in [4.69, 9.17) is 4.74 Å². The second-order valence-electron chi connectivity index (χ2n) is 4.17. The van der Waals surface area contributed by atoms with Crippen molar-refractivity contribution in [1.82, 2.24) is 20.5 Å². The molecule has 0 unspecified atom stereocenters. The van der Waals surface area contributed by atoms with Gasteiger partial charge in [0.2, 0.25) is 0 Å². The Morgan fingerprint density at radius 1 is 1.47 bits per heavy atom. The van der Waals surface area contributed by atoms with E-state index in [0.717, 1.165) is 17.0 Å². The zero-order chi connectivity index (χ0) is 13.7. The SMILES string of the molecule is Cc1n[nH]c(C)c1CNC(=O)COc1cccnc1. The Bertz CT molecular complexity index is 532. The predicted octanol–water partition coefficient (Wildman–Crippen LogP) is 1.12. The van der Waals surface area contributed by atoms with E-state index >= 15 is 0 Å². The Hall–Kier alpha value is -2.37. The quantitative estimate of drug-likeness (QED) is 0.844. The Morgan fingerprint density at radius 2 is 2.32 bits per heavy atom. The van der Waals surface area contributed by atoms with Gasteiger partial charge in [0.1, 0.15) is 5.75 Å². The summed E-state index contributed by atoms with van der Waals surface area (Å²) in [7, 11) is 0. The molecule has 0 saturated heterocycles. The van der Waals surface area contributed by atoms with Crippen molar-refractivity contribution in [1.29, 1.82) is 0 Å². The number of nitrogens with zero attached hydrogens (tertiary/aromatic N) is 2. The summed E-state index contributed by atoms with van der Waals surface area (Å²) in [6.45, 7) is 4.25. The summed E-state index contributed by atoms with van der Waals surface area (Å²) in [6.07, 6.45) is 3.22. The molecule has 19 heavy (non-hydrogen) atoms. The molecule has 0 radical (unpaired) electrons. The average molecular weight is 260 g/mol. The number of aromatic amines is 1. The van der Waals surface area contributed by atoms with Gasteiger partial charge in [-0.2, -0.15) is 5.10 Å². The zero-order valence-electron chi connectivity index (χ0n) is 10.9. The Kier molecular flexibility index (Phi) is 4.12. The molecule has 2 rings (SSSR count). The summed E-state index contributed by atoms with van der Waals surface area (Å²) in [5.74, 6) is 0.400. The third-order valence-electron chi connectivity index (χ3n) is 2.75. The van der Waals surface area contributed by atoms with E-state index in [1.54, 1.807) is 24.5 Å². The smallest absolute Gasteiger partial charge is 0.258 e. The maximum Gasteiger partial charge on any atom is 0.258 e. The van der Waals surface area contributed by atoms with Crippen LogP contribution in [0.2, 0.25) is 0 Å². The highest BCUT2D eigenvalue weighted by Crippen LogP contribution is 2.08. The molecule has 100 valence electrons. The molecule has 0 fully saturated rings. The Morgan fingerprint density at radius 3 is 2.95 bits per heavy atom. The van der Waals surface area contributed by atoms with Gasteiger partial charge in [0, 0.05) is 24.0 Å². The molecule has 0 aromatic carbocycles. The van der Waals surface area contributed by atoms with Gasteiger partial charge in [-0.3, -0.25) is 14.9 Å². The first-order valence-electron chi connectivity index (χ1n) is 5.97. The highest BCUT2D eigenvalue weighted by atomic mass is 16.5. The second kappa shape index (κ2) is 5.99. The van der Waals surface area contributed by atoms with Crippen molar-refractivity contribution in [2.75, 3.05) is 6.61 Å². The van der Waals surface area contributed by atoms with Crippen molar-refractivity contribution in [3.8, 4) is 5.75 Å². The first-order valence-corrected chi connectivity index (χ1v) is 5.97. The van der Waals surface area contributed by atoms with Gasteiger partial charge in [-0.05, 0) is 26.0 Å². The standard InChI is InChI=1S/C13H16N4O2/c1-9-12(10(2)17-16-9)7-15-13(18)8-19-11-4-3-5-14-6-11/h3-6H,7-8H2,1-2H3,(H,15,18)(H,16,17). The van der Waals surface area contributed by atoms with Crippen LogP contribution in [0.15, 0.2) is 24.5 Å². The van der Waals surface area contributed by atoms with Crippen LogP contribution in [-0.4, -0.2) is 27.7 Å². The fraction of sp³-hybridized carbons (Fsp3) is 0.308. The summed E-state index contributed by atoms with van der Waals surface area (Å²) in [6, 6.07) is 3.51. The lowest BCUT2D eigenvalue weighted by Gasteiger charge is -2.07. The lowest BCUT2D eigenvalue weighted by Crippen LogP contribution is -2.28. The molecule has 2 aromatic rings. The van der Waals surface area contributed by atoms with E-state index in [9.17, 15) is 4.79 Å². The third kappa shape index (κ3) is 3.54. The molecule has 0 bridgehead atoms. The molecule has 0 aliphatic rings. The molecule has 0 aliphatic carbocycles. The molecule has 6 heteroatoms. The summed E-state index contributed by atoms with van der Waals surface area (Å²) in [5, 5.41) is 9.74.